The first-order chi connectivity index (χ1) is 8.79. The van der Waals surface area contributed by atoms with Crippen molar-refractivity contribution in [3.63, 3.8) is 0 Å². The minimum Gasteiger partial charge on any atom is -0.489 e. The van der Waals surface area contributed by atoms with E-state index >= 15 is 0 Å². The number of hydrogen-bond donors (Lipinski definition) is 1. The minimum absolute atomic E-state index is 0.0598. The molecule has 0 saturated carbocycles. The number of halogens is 1. The molecule has 2 aromatic carbocycles. The van der Waals surface area contributed by atoms with Crippen LogP contribution in [0.2, 0.25) is 0 Å². The van der Waals surface area contributed by atoms with Gasteiger partial charge in [-0.2, -0.15) is 0 Å². The molecule has 0 heterocycles. The summed E-state index contributed by atoms with van der Waals surface area (Å²) in [6.07, 6.45) is 0. The molecule has 0 fully saturated rings. The summed E-state index contributed by atoms with van der Waals surface area (Å²) >= 11 is 5.68. The molecule has 1 N–H and O–H groups in total. The molecule has 18 heavy (non-hydrogen) atoms. The van der Waals surface area contributed by atoms with Crippen LogP contribution in [0.25, 0.3) is 0 Å². The molecule has 2 rings (SSSR count). The van der Waals surface area contributed by atoms with Gasteiger partial charge in [0.15, 0.2) is 5.17 Å². The van der Waals surface area contributed by atoms with Gasteiger partial charge in [0.05, 0.1) is 0 Å². The quantitative estimate of drug-likeness (QED) is 0.519. The Labute approximate surface area is 110 Å². The lowest BCUT2D eigenvalue weighted by molar-refractivity contribution is 0.306. The van der Waals surface area contributed by atoms with Gasteiger partial charge in [0.2, 0.25) is 0 Å². The molecule has 92 valence electrons. The van der Waals surface area contributed by atoms with Gasteiger partial charge in [0.25, 0.3) is 0 Å². The van der Waals surface area contributed by atoms with Gasteiger partial charge in [-0.15, -0.1) is 0 Å². The molecule has 0 bridgehead atoms. The van der Waals surface area contributed by atoms with Gasteiger partial charge in [0.1, 0.15) is 12.4 Å². The third kappa shape index (κ3) is 3.25. The Balaban J connectivity index is 1.99. The molecule has 0 aromatic heterocycles. The molecular weight excluding hydrogens is 250 g/mol. The van der Waals surface area contributed by atoms with E-state index < -0.39 is 0 Å². The number of hydrogen-bond acceptors (Lipinski definition) is 3. The third-order valence-electron chi connectivity index (χ3n) is 2.43. The SMILES string of the molecule is O/N=C(/Cl)c1ccc(OCc2ccccc2)cc1. The van der Waals surface area contributed by atoms with Gasteiger partial charge in [-0.25, -0.2) is 0 Å². The van der Waals surface area contributed by atoms with Crippen molar-refractivity contribution in [2.75, 3.05) is 0 Å². The summed E-state index contributed by atoms with van der Waals surface area (Å²) < 4.78 is 5.61. The second-order valence-electron chi connectivity index (χ2n) is 3.69. The predicted octanol–water partition coefficient (Wildman–Crippen LogP) is 3.64. The van der Waals surface area contributed by atoms with Gasteiger partial charge in [-0.3, -0.25) is 0 Å². The van der Waals surface area contributed by atoms with Crippen LogP contribution < -0.4 is 4.74 Å². The summed E-state index contributed by atoms with van der Waals surface area (Å²) in [4.78, 5) is 0. The molecule has 3 nitrogen and oxygen atoms in total. The predicted molar refractivity (Wildman–Crippen MR) is 71.4 cm³/mol. The van der Waals surface area contributed by atoms with Crippen LogP contribution in [0.3, 0.4) is 0 Å². The van der Waals surface area contributed by atoms with Crippen molar-refractivity contribution in [3.8, 4) is 5.75 Å². The Bertz CT molecular complexity index is 523. The molecule has 0 aliphatic rings. The molecule has 0 saturated heterocycles. The van der Waals surface area contributed by atoms with Crippen LogP contribution in [-0.4, -0.2) is 10.4 Å². The second-order valence-corrected chi connectivity index (χ2v) is 4.05. The van der Waals surface area contributed by atoms with Gasteiger partial charge in [0, 0.05) is 5.56 Å². The van der Waals surface area contributed by atoms with E-state index in [1.54, 1.807) is 24.3 Å². The highest BCUT2D eigenvalue weighted by Gasteiger charge is 2.01. The van der Waals surface area contributed by atoms with E-state index in [1.165, 1.54) is 0 Å². The van der Waals surface area contributed by atoms with Crippen molar-refractivity contribution in [1.82, 2.24) is 0 Å². The van der Waals surface area contributed by atoms with Crippen molar-refractivity contribution in [1.29, 1.82) is 0 Å². The summed E-state index contributed by atoms with van der Waals surface area (Å²) in [7, 11) is 0. The van der Waals surface area contributed by atoms with Gasteiger partial charge in [-0.1, -0.05) is 47.1 Å². The number of rotatable bonds is 4. The highest BCUT2D eigenvalue weighted by atomic mass is 35.5. The van der Waals surface area contributed by atoms with Crippen molar-refractivity contribution in [3.05, 3.63) is 65.7 Å². The Morgan fingerprint density at radius 2 is 1.72 bits per heavy atom. The van der Waals surface area contributed by atoms with Crippen LogP contribution in [0, 0.1) is 0 Å². The van der Waals surface area contributed by atoms with E-state index in [-0.39, 0.29) is 5.17 Å². The average molecular weight is 262 g/mol. The molecular formula is C14H12ClNO2. The molecule has 0 aliphatic heterocycles. The third-order valence-corrected chi connectivity index (χ3v) is 2.72. The zero-order valence-corrected chi connectivity index (χ0v) is 10.3. The maximum atomic E-state index is 8.53. The van der Waals surface area contributed by atoms with Crippen molar-refractivity contribution in [2.45, 2.75) is 6.61 Å². The Morgan fingerprint density at radius 1 is 1.06 bits per heavy atom. The Kier molecular flexibility index (Phi) is 4.20. The van der Waals surface area contributed by atoms with E-state index in [0.29, 0.717) is 12.2 Å². The van der Waals surface area contributed by atoms with E-state index in [1.807, 2.05) is 30.3 Å². The lowest BCUT2D eigenvalue weighted by Gasteiger charge is -2.06. The number of ether oxygens (including phenoxy) is 1. The van der Waals surface area contributed by atoms with Crippen molar-refractivity contribution in [2.24, 2.45) is 5.16 Å². The van der Waals surface area contributed by atoms with Crippen LogP contribution in [0.5, 0.6) is 5.75 Å². The number of oxime groups is 1. The second kappa shape index (κ2) is 6.07. The first-order valence-corrected chi connectivity index (χ1v) is 5.82. The topological polar surface area (TPSA) is 41.8 Å². The van der Waals surface area contributed by atoms with Crippen LogP contribution in [0.1, 0.15) is 11.1 Å². The molecule has 2 aromatic rings. The average Bonchev–Trinajstić information content (AvgIpc) is 2.46. The molecule has 0 amide bonds. The lowest BCUT2D eigenvalue weighted by atomic mass is 10.2. The normalized spacial score (nSPS) is 11.3. The highest BCUT2D eigenvalue weighted by Crippen LogP contribution is 2.15. The number of nitrogens with zero attached hydrogens (tertiary/aromatic N) is 1. The maximum absolute atomic E-state index is 8.53. The largest absolute Gasteiger partial charge is 0.489 e. The highest BCUT2D eigenvalue weighted by molar-refractivity contribution is 6.69. The van der Waals surface area contributed by atoms with Crippen LogP contribution >= 0.6 is 11.6 Å². The lowest BCUT2D eigenvalue weighted by Crippen LogP contribution is -1.96. The summed E-state index contributed by atoms with van der Waals surface area (Å²) in [5.41, 5.74) is 1.75. The van der Waals surface area contributed by atoms with Crippen molar-refractivity contribution >= 4 is 16.8 Å². The number of benzene rings is 2. The molecule has 4 heteroatoms. The smallest absolute Gasteiger partial charge is 0.175 e. The summed E-state index contributed by atoms with van der Waals surface area (Å²) in [6, 6.07) is 17.0. The first-order valence-electron chi connectivity index (χ1n) is 5.44. The van der Waals surface area contributed by atoms with E-state index in [9.17, 15) is 0 Å². The Morgan fingerprint density at radius 3 is 2.33 bits per heavy atom. The summed E-state index contributed by atoms with van der Waals surface area (Å²) in [6.45, 7) is 0.516. The fraction of sp³-hybridized carbons (Fsp3) is 0.0714. The van der Waals surface area contributed by atoms with Gasteiger partial charge in [-0.05, 0) is 29.8 Å². The van der Waals surface area contributed by atoms with Crippen molar-refractivity contribution < 1.29 is 9.94 Å². The molecule has 0 radical (unpaired) electrons. The van der Waals surface area contributed by atoms with Crippen LogP contribution in [0.4, 0.5) is 0 Å². The standard InChI is InChI=1S/C14H12ClNO2/c15-14(16-17)12-6-8-13(9-7-12)18-10-11-4-2-1-3-5-11/h1-9,17H,10H2/b16-14+. The first kappa shape index (κ1) is 12.5. The van der Waals surface area contributed by atoms with E-state index in [0.717, 1.165) is 11.3 Å². The van der Waals surface area contributed by atoms with E-state index in [4.69, 9.17) is 21.5 Å². The van der Waals surface area contributed by atoms with Crippen LogP contribution in [-0.2, 0) is 6.61 Å². The van der Waals surface area contributed by atoms with Gasteiger partial charge >= 0.3 is 0 Å². The van der Waals surface area contributed by atoms with Gasteiger partial charge < -0.3 is 9.94 Å². The minimum atomic E-state index is 0.0598. The van der Waals surface area contributed by atoms with Crippen LogP contribution in [0.15, 0.2) is 59.8 Å². The summed E-state index contributed by atoms with van der Waals surface area (Å²) in [5, 5.41) is 11.5. The van der Waals surface area contributed by atoms with E-state index in [2.05, 4.69) is 5.16 Å². The summed E-state index contributed by atoms with van der Waals surface area (Å²) in [5.74, 6) is 0.741. The fourth-order valence-corrected chi connectivity index (χ4v) is 1.61. The molecule has 0 spiro atoms. The Hall–Kier alpha value is -2.00. The molecule has 0 aliphatic carbocycles. The zero-order chi connectivity index (χ0) is 12.8. The fourth-order valence-electron chi connectivity index (χ4n) is 1.49. The zero-order valence-electron chi connectivity index (χ0n) is 9.58. The maximum Gasteiger partial charge on any atom is 0.175 e. The molecule has 0 atom stereocenters. The molecule has 0 unspecified atom stereocenters. The monoisotopic (exact) mass is 261 g/mol.